The molecule has 0 aliphatic rings. The van der Waals surface area contributed by atoms with E-state index in [9.17, 15) is 0 Å². The summed E-state index contributed by atoms with van der Waals surface area (Å²) in [6, 6.07) is 0. The molecule has 0 radical (unpaired) electrons. The lowest BCUT2D eigenvalue weighted by Gasteiger charge is -1.84. The summed E-state index contributed by atoms with van der Waals surface area (Å²) >= 11 is 0. The molecule has 0 amide bonds. The fraction of sp³-hybridized carbons (Fsp3) is 0.300. The van der Waals surface area contributed by atoms with Crippen LogP contribution in [0, 0.1) is 0 Å². The number of allylic oxidation sites excluding steroid dienone is 5. The highest BCUT2D eigenvalue weighted by atomic mass is 14.7. The van der Waals surface area contributed by atoms with Crippen LogP contribution in [-0.4, -0.2) is 5.71 Å². The van der Waals surface area contributed by atoms with Crippen molar-refractivity contribution in [3.05, 3.63) is 36.6 Å². The number of hydrogen-bond acceptors (Lipinski definition) is 1. The normalized spacial score (nSPS) is 14.3. The number of aliphatic imine (C=N–C) groups is 1. The Morgan fingerprint density at radius 3 is 2.36 bits per heavy atom. The second-order valence-electron chi connectivity index (χ2n) is 2.14. The van der Waals surface area contributed by atoms with Gasteiger partial charge in [0.05, 0.1) is 0 Å². The van der Waals surface area contributed by atoms with E-state index in [0.29, 0.717) is 0 Å². The molecule has 0 saturated carbocycles. The van der Waals surface area contributed by atoms with E-state index in [-0.39, 0.29) is 0 Å². The molecule has 0 aromatic carbocycles. The zero-order chi connectivity index (χ0) is 8.53. The summed E-state index contributed by atoms with van der Waals surface area (Å²) in [5, 5.41) is 0. The third kappa shape index (κ3) is 6.78. The maximum absolute atomic E-state index is 4.13. The molecule has 0 saturated heterocycles. The van der Waals surface area contributed by atoms with E-state index in [4.69, 9.17) is 0 Å². The second kappa shape index (κ2) is 7.00. The fourth-order valence-electron chi connectivity index (χ4n) is 0.541. The zero-order valence-corrected chi connectivity index (χ0v) is 7.41. The van der Waals surface area contributed by atoms with Gasteiger partial charge in [-0.05, 0) is 26.8 Å². The summed E-state index contributed by atoms with van der Waals surface area (Å²) in [5.41, 5.74) is 1.02. The van der Waals surface area contributed by atoms with Gasteiger partial charge in [-0.1, -0.05) is 24.3 Å². The molecule has 0 atom stereocenters. The van der Waals surface area contributed by atoms with Gasteiger partial charge in [-0.3, -0.25) is 4.99 Å². The van der Waals surface area contributed by atoms with Gasteiger partial charge < -0.3 is 0 Å². The average Bonchev–Trinajstić information content (AvgIpc) is 2.01. The Labute approximate surface area is 68.9 Å². The van der Waals surface area contributed by atoms with Crippen molar-refractivity contribution in [2.24, 2.45) is 4.99 Å². The van der Waals surface area contributed by atoms with Crippen LogP contribution in [0.5, 0.6) is 0 Å². The molecule has 0 N–H and O–H groups in total. The minimum atomic E-state index is 1.02. The van der Waals surface area contributed by atoms with Gasteiger partial charge in [0.2, 0.25) is 0 Å². The first-order chi connectivity index (χ1) is 5.31. The molecule has 0 rings (SSSR count). The minimum Gasteiger partial charge on any atom is -0.262 e. The SMILES string of the molecule is C\C=C/C=C\C(C)=N\C=C/C. The summed E-state index contributed by atoms with van der Waals surface area (Å²) in [5.74, 6) is 0. The molecule has 1 heteroatoms. The molecule has 0 heterocycles. The minimum absolute atomic E-state index is 1.02. The summed E-state index contributed by atoms with van der Waals surface area (Å²) in [6.45, 7) is 5.91. The highest BCUT2D eigenvalue weighted by Gasteiger charge is 1.75. The van der Waals surface area contributed by atoms with Crippen LogP contribution in [0.4, 0.5) is 0 Å². The summed E-state index contributed by atoms with van der Waals surface area (Å²) in [4.78, 5) is 4.13. The van der Waals surface area contributed by atoms with Crippen LogP contribution < -0.4 is 0 Å². The van der Waals surface area contributed by atoms with Gasteiger partial charge in [0.25, 0.3) is 0 Å². The Bertz CT molecular complexity index is 195. The molecule has 11 heavy (non-hydrogen) atoms. The molecule has 0 spiro atoms. The van der Waals surface area contributed by atoms with Crippen LogP contribution in [0.2, 0.25) is 0 Å². The smallest absolute Gasteiger partial charge is 0.0372 e. The van der Waals surface area contributed by atoms with Crippen LogP contribution in [0.25, 0.3) is 0 Å². The average molecular weight is 149 g/mol. The Kier molecular flexibility index (Phi) is 6.30. The van der Waals surface area contributed by atoms with E-state index < -0.39 is 0 Å². The van der Waals surface area contributed by atoms with Crippen molar-refractivity contribution in [3.63, 3.8) is 0 Å². The van der Waals surface area contributed by atoms with Crippen molar-refractivity contribution in [2.75, 3.05) is 0 Å². The van der Waals surface area contributed by atoms with E-state index in [1.807, 2.05) is 51.2 Å². The van der Waals surface area contributed by atoms with Crippen molar-refractivity contribution in [3.8, 4) is 0 Å². The molecule has 0 unspecified atom stereocenters. The molecular formula is C10H15N. The van der Waals surface area contributed by atoms with Crippen LogP contribution in [-0.2, 0) is 0 Å². The molecule has 1 nitrogen and oxygen atoms in total. The van der Waals surface area contributed by atoms with Gasteiger partial charge in [0, 0.05) is 11.9 Å². The Balaban J connectivity index is 3.94. The van der Waals surface area contributed by atoms with Crippen molar-refractivity contribution in [2.45, 2.75) is 20.8 Å². The van der Waals surface area contributed by atoms with Gasteiger partial charge in [-0.25, -0.2) is 0 Å². The summed E-state index contributed by atoms with van der Waals surface area (Å²) in [6.07, 6.45) is 11.6. The van der Waals surface area contributed by atoms with Gasteiger partial charge in [-0.2, -0.15) is 0 Å². The Hall–Kier alpha value is -1.11. The van der Waals surface area contributed by atoms with Crippen molar-refractivity contribution in [1.29, 1.82) is 0 Å². The fourth-order valence-corrected chi connectivity index (χ4v) is 0.541. The lowest BCUT2D eigenvalue weighted by Crippen LogP contribution is -1.80. The second-order valence-corrected chi connectivity index (χ2v) is 2.14. The standard InChI is InChI=1S/C10H15N/c1-4-6-7-8-10(3)11-9-5-2/h4-9H,1-3H3/b6-4-,8-7-,9-5-,11-10+. The molecule has 60 valence electrons. The lowest BCUT2D eigenvalue weighted by atomic mass is 10.3. The third-order valence-corrected chi connectivity index (χ3v) is 1.07. The van der Waals surface area contributed by atoms with E-state index in [1.54, 1.807) is 6.20 Å². The van der Waals surface area contributed by atoms with Gasteiger partial charge in [0.15, 0.2) is 0 Å². The lowest BCUT2D eigenvalue weighted by molar-refractivity contribution is 1.50. The predicted molar refractivity (Wildman–Crippen MR) is 51.9 cm³/mol. The van der Waals surface area contributed by atoms with Gasteiger partial charge in [0.1, 0.15) is 0 Å². The summed E-state index contributed by atoms with van der Waals surface area (Å²) in [7, 11) is 0. The Morgan fingerprint density at radius 2 is 1.82 bits per heavy atom. The molecule has 0 aromatic rings. The maximum Gasteiger partial charge on any atom is 0.0372 e. The highest BCUT2D eigenvalue weighted by Crippen LogP contribution is 1.84. The molecule has 0 fully saturated rings. The van der Waals surface area contributed by atoms with Crippen molar-refractivity contribution in [1.82, 2.24) is 0 Å². The third-order valence-electron chi connectivity index (χ3n) is 1.07. The summed E-state index contributed by atoms with van der Waals surface area (Å²) < 4.78 is 0. The number of rotatable bonds is 3. The molecule has 0 aliphatic carbocycles. The number of nitrogens with zero attached hydrogens (tertiary/aromatic N) is 1. The van der Waals surface area contributed by atoms with Gasteiger partial charge in [-0.15, -0.1) is 0 Å². The van der Waals surface area contributed by atoms with Crippen molar-refractivity contribution < 1.29 is 0 Å². The predicted octanol–water partition coefficient (Wildman–Crippen LogP) is 3.11. The topological polar surface area (TPSA) is 12.4 Å². The first-order valence-corrected chi connectivity index (χ1v) is 3.76. The molecular weight excluding hydrogens is 134 g/mol. The number of hydrogen-bond donors (Lipinski definition) is 0. The van der Waals surface area contributed by atoms with Crippen LogP contribution in [0.15, 0.2) is 41.6 Å². The van der Waals surface area contributed by atoms with Gasteiger partial charge >= 0.3 is 0 Å². The first-order valence-electron chi connectivity index (χ1n) is 3.76. The van der Waals surface area contributed by atoms with Crippen molar-refractivity contribution >= 4 is 5.71 Å². The monoisotopic (exact) mass is 149 g/mol. The molecule has 0 aliphatic heterocycles. The van der Waals surface area contributed by atoms with E-state index >= 15 is 0 Å². The van der Waals surface area contributed by atoms with E-state index in [1.165, 1.54) is 0 Å². The zero-order valence-electron chi connectivity index (χ0n) is 7.41. The van der Waals surface area contributed by atoms with Crippen LogP contribution in [0.3, 0.4) is 0 Å². The molecule has 0 bridgehead atoms. The van der Waals surface area contributed by atoms with E-state index in [2.05, 4.69) is 4.99 Å². The largest absolute Gasteiger partial charge is 0.262 e. The highest BCUT2D eigenvalue weighted by molar-refractivity contribution is 5.93. The molecule has 0 aromatic heterocycles. The van der Waals surface area contributed by atoms with Crippen LogP contribution >= 0.6 is 0 Å². The Morgan fingerprint density at radius 1 is 1.09 bits per heavy atom. The van der Waals surface area contributed by atoms with E-state index in [0.717, 1.165) is 5.71 Å². The first kappa shape index (κ1) is 9.89. The van der Waals surface area contributed by atoms with Crippen LogP contribution in [0.1, 0.15) is 20.8 Å². The quantitative estimate of drug-likeness (QED) is 0.432. The maximum atomic E-state index is 4.13.